The van der Waals surface area contributed by atoms with E-state index in [-0.39, 0.29) is 6.09 Å². The minimum Gasteiger partial charge on any atom is -0.448 e. The second-order valence-corrected chi connectivity index (χ2v) is 3.38. The zero-order valence-corrected chi connectivity index (χ0v) is 8.27. The van der Waals surface area contributed by atoms with E-state index >= 15 is 0 Å². The van der Waals surface area contributed by atoms with Gasteiger partial charge in [0, 0.05) is 12.2 Å². The van der Waals surface area contributed by atoms with E-state index < -0.39 is 0 Å². The first-order valence-electron chi connectivity index (χ1n) is 4.77. The highest BCUT2D eigenvalue weighted by Gasteiger charge is 2.21. The number of hydrogen-bond donors (Lipinski definition) is 2. The van der Waals surface area contributed by atoms with Crippen LogP contribution in [-0.2, 0) is 11.3 Å². The minimum absolute atomic E-state index is 0.240. The number of carbonyl (C=O) groups is 1. The molecule has 1 fully saturated rings. The normalized spacial score (nSPS) is 15.3. The highest BCUT2D eigenvalue weighted by atomic mass is 16.6. The molecule has 80 valence electrons. The predicted molar refractivity (Wildman–Crippen MR) is 56.0 cm³/mol. The fourth-order valence-corrected chi connectivity index (χ4v) is 1.50. The van der Waals surface area contributed by atoms with Gasteiger partial charge in [-0.1, -0.05) is 12.1 Å². The summed E-state index contributed by atoms with van der Waals surface area (Å²) in [6, 6.07) is 7.61. The van der Waals surface area contributed by atoms with Crippen molar-refractivity contribution in [3.63, 3.8) is 0 Å². The third-order valence-electron chi connectivity index (χ3n) is 2.34. The number of hydrogen-bond acceptors (Lipinski definition) is 4. The summed E-state index contributed by atoms with van der Waals surface area (Å²) in [5.74, 6) is 5.25. The number of anilines is 1. The highest BCUT2D eigenvalue weighted by molar-refractivity contribution is 5.69. The Kier molecular flexibility index (Phi) is 2.73. The first-order valence-corrected chi connectivity index (χ1v) is 4.77. The largest absolute Gasteiger partial charge is 0.448 e. The van der Waals surface area contributed by atoms with Gasteiger partial charge in [-0.3, -0.25) is 5.84 Å². The SMILES string of the molecule is NNc1ccc(CN2CCOC2=O)cc1. The fourth-order valence-electron chi connectivity index (χ4n) is 1.50. The lowest BCUT2D eigenvalue weighted by Crippen LogP contribution is -2.23. The predicted octanol–water partition coefficient (Wildman–Crippen LogP) is 0.924. The molecule has 0 aromatic heterocycles. The maximum Gasteiger partial charge on any atom is 0.410 e. The molecule has 0 aliphatic carbocycles. The van der Waals surface area contributed by atoms with E-state index in [0.29, 0.717) is 19.7 Å². The number of carbonyl (C=O) groups excluding carboxylic acids is 1. The van der Waals surface area contributed by atoms with Gasteiger partial charge in [0.15, 0.2) is 0 Å². The molecular formula is C10H13N3O2. The van der Waals surface area contributed by atoms with E-state index in [1.165, 1.54) is 0 Å². The maximum atomic E-state index is 11.2. The van der Waals surface area contributed by atoms with Crippen molar-refractivity contribution in [3.05, 3.63) is 29.8 Å². The van der Waals surface area contributed by atoms with Crippen LogP contribution >= 0.6 is 0 Å². The van der Waals surface area contributed by atoms with E-state index in [0.717, 1.165) is 11.3 Å². The van der Waals surface area contributed by atoms with Crippen LogP contribution in [0.25, 0.3) is 0 Å². The third kappa shape index (κ3) is 2.19. The van der Waals surface area contributed by atoms with Crippen molar-refractivity contribution in [2.75, 3.05) is 18.6 Å². The van der Waals surface area contributed by atoms with Gasteiger partial charge in [0.2, 0.25) is 0 Å². The molecule has 0 saturated carbocycles. The topological polar surface area (TPSA) is 67.6 Å². The van der Waals surface area contributed by atoms with Crippen molar-refractivity contribution in [3.8, 4) is 0 Å². The maximum absolute atomic E-state index is 11.2. The van der Waals surface area contributed by atoms with Gasteiger partial charge < -0.3 is 15.1 Å². The van der Waals surface area contributed by atoms with Gasteiger partial charge in [0.1, 0.15) is 6.61 Å². The number of nitrogens with one attached hydrogen (secondary N) is 1. The third-order valence-corrected chi connectivity index (χ3v) is 2.34. The number of nitrogens with zero attached hydrogens (tertiary/aromatic N) is 1. The van der Waals surface area contributed by atoms with Crippen LogP contribution in [0.1, 0.15) is 5.56 Å². The quantitative estimate of drug-likeness (QED) is 0.571. The van der Waals surface area contributed by atoms with Crippen molar-refractivity contribution in [2.45, 2.75) is 6.54 Å². The monoisotopic (exact) mass is 207 g/mol. The van der Waals surface area contributed by atoms with Crippen LogP contribution in [0.5, 0.6) is 0 Å². The molecule has 0 atom stereocenters. The summed E-state index contributed by atoms with van der Waals surface area (Å²) >= 11 is 0. The molecule has 1 aliphatic heterocycles. The number of ether oxygens (including phenoxy) is 1. The zero-order chi connectivity index (χ0) is 10.7. The average Bonchev–Trinajstić information content (AvgIpc) is 2.66. The van der Waals surface area contributed by atoms with Crippen LogP contribution in [0.3, 0.4) is 0 Å². The van der Waals surface area contributed by atoms with Crippen LogP contribution < -0.4 is 11.3 Å². The summed E-state index contributed by atoms with van der Waals surface area (Å²) in [5.41, 5.74) is 4.46. The molecule has 1 saturated heterocycles. The Hall–Kier alpha value is -1.75. The lowest BCUT2D eigenvalue weighted by molar-refractivity contribution is 0.157. The second-order valence-electron chi connectivity index (χ2n) is 3.38. The Bertz CT molecular complexity index is 350. The molecule has 5 heteroatoms. The fraction of sp³-hybridized carbons (Fsp3) is 0.300. The molecular weight excluding hydrogens is 194 g/mol. The average molecular weight is 207 g/mol. The number of nitrogen functional groups attached to an aromatic ring is 1. The molecule has 0 spiro atoms. The molecule has 1 amide bonds. The number of cyclic esters (lactones) is 1. The molecule has 0 unspecified atom stereocenters. The van der Waals surface area contributed by atoms with Gasteiger partial charge in [-0.2, -0.15) is 0 Å². The van der Waals surface area contributed by atoms with Gasteiger partial charge >= 0.3 is 6.09 Å². The molecule has 15 heavy (non-hydrogen) atoms. The van der Waals surface area contributed by atoms with Crippen molar-refractivity contribution < 1.29 is 9.53 Å². The molecule has 0 bridgehead atoms. The standard InChI is InChI=1S/C10H13N3O2/c11-12-9-3-1-8(2-4-9)7-13-5-6-15-10(13)14/h1-4,12H,5-7,11H2. The van der Waals surface area contributed by atoms with Gasteiger partial charge in [-0.05, 0) is 17.7 Å². The van der Waals surface area contributed by atoms with Crippen LogP contribution in [-0.4, -0.2) is 24.1 Å². The van der Waals surface area contributed by atoms with Gasteiger partial charge in [0.05, 0.1) is 6.54 Å². The molecule has 1 aromatic rings. The Morgan fingerprint density at radius 1 is 1.40 bits per heavy atom. The molecule has 1 aromatic carbocycles. The van der Waals surface area contributed by atoms with E-state index in [2.05, 4.69) is 5.43 Å². The van der Waals surface area contributed by atoms with E-state index in [1.807, 2.05) is 24.3 Å². The Labute approximate surface area is 87.8 Å². The summed E-state index contributed by atoms with van der Waals surface area (Å²) in [6.07, 6.45) is -0.240. The summed E-state index contributed by atoms with van der Waals surface area (Å²) < 4.78 is 4.84. The van der Waals surface area contributed by atoms with Crippen LogP contribution in [0.4, 0.5) is 10.5 Å². The van der Waals surface area contributed by atoms with Crippen molar-refractivity contribution in [2.24, 2.45) is 5.84 Å². The lowest BCUT2D eigenvalue weighted by atomic mass is 10.2. The summed E-state index contributed by atoms with van der Waals surface area (Å²) in [6.45, 7) is 1.74. The number of nitrogens with two attached hydrogens (primary N) is 1. The molecule has 1 aliphatic rings. The Morgan fingerprint density at radius 3 is 2.67 bits per heavy atom. The Morgan fingerprint density at radius 2 is 2.13 bits per heavy atom. The summed E-state index contributed by atoms with van der Waals surface area (Å²) in [7, 11) is 0. The lowest BCUT2D eigenvalue weighted by Gasteiger charge is -2.12. The van der Waals surface area contributed by atoms with Gasteiger partial charge in [0.25, 0.3) is 0 Å². The van der Waals surface area contributed by atoms with E-state index in [9.17, 15) is 4.79 Å². The molecule has 2 rings (SSSR count). The first-order chi connectivity index (χ1) is 7.29. The van der Waals surface area contributed by atoms with E-state index in [4.69, 9.17) is 10.6 Å². The highest BCUT2D eigenvalue weighted by Crippen LogP contribution is 2.13. The molecule has 1 heterocycles. The number of benzene rings is 1. The molecule has 0 radical (unpaired) electrons. The smallest absolute Gasteiger partial charge is 0.410 e. The van der Waals surface area contributed by atoms with Crippen LogP contribution in [0.15, 0.2) is 24.3 Å². The van der Waals surface area contributed by atoms with Crippen molar-refractivity contribution in [1.29, 1.82) is 0 Å². The minimum atomic E-state index is -0.240. The van der Waals surface area contributed by atoms with Crippen molar-refractivity contribution in [1.82, 2.24) is 4.90 Å². The van der Waals surface area contributed by atoms with Gasteiger partial charge in [-0.25, -0.2) is 4.79 Å². The number of amides is 1. The number of rotatable bonds is 3. The molecule has 3 N–H and O–H groups in total. The second kappa shape index (κ2) is 4.18. The zero-order valence-electron chi connectivity index (χ0n) is 8.27. The first kappa shape index (κ1) is 9.79. The van der Waals surface area contributed by atoms with Crippen LogP contribution in [0.2, 0.25) is 0 Å². The van der Waals surface area contributed by atoms with Crippen LogP contribution in [0, 0.1) is 0 Å². The summed E-state index contributed by atoms with van der Waals surface area (Å²) in [4.78, 5) is 12.8. The van der Waals surface area contributed by atoms with Gasteiger partial charge in [-0.15, -0.1) is 0 Å². The van der Waals surface area contributed by atoms with E-state index in [1.54, 1.807) is 4.90 Å². The number of hydrazine groups is 1. The summed E-state index contributed by atoms with van der Waals surface area (Å²) in [5, 5.41) is 0. The Balaban J connectivity index is 2.01. The van der Waals surface area contributed by atoms with Crippen molar-refractivity contribution >= 4 is 11.8 Å². The molecule has 5 nitrogen and oxygen atoms in total.